The second-order valence-corrected chi connectivity index (χ2v) is 3.20. The van der Waals surface area contributed by atoms with Crippen molar-refractivity contribution in [1.82, 2.24) is 4.98 Å². The van der Waals surface area contributed by atoms with Crippen molar-refractivity contribution in [3.63, 3.8) is 0 Å². The molecule has 0 amide bonds. The quantitative estimate of drug-likeness (QED) is 0.577. The first-order chi connectivity index (χ1) is 7.60. The Hall–Kier alpha value is -1.84. The van der Waals surface area contributed by atoms with Crippen LogP contribution >= 0.6 is 0 Å². The van der Waals surface area contributed by atoms with Gasteiger partial charge >= 0.3 is 5.97 Å². The van der Waals surface area contributed by atoms with E-state index in [1.165, 1.54) is 7.11 Å². The van der Waals surface area contributed by atoms with Crippen molar-refractivity contribution >= 4 is 11.7 Å². The number of pyridine rings is 1. The van der Waals surface area contributed by atoms with Gasteiger partial charge in [-0.25, -0.2) is 9.78 Å². The second kappa shape index (κ2) is 5.30. The van der Waals surface area contributed by atoms with Crippen molar-refractivity contribution in [2.45, 2.75) is 13.8 Å². The summed E-state index contributed by atoms with van der Waals surface area (Å²) in [6, 6.07) is 3.55. The molecule has 0 atom stereocenters. The first kappa shape index (κ1) is 12.2. The van der Waals surface area contributed by atoms with Crippen molar-refractivity contribution in [2.75, 3.05) is 13.7 Å². The lowest BCUT2D eigenvalue weighted by molar-refractivity contribution is 0.0592. The fraction of sp³-hybridized carbons (Fsp3) is 0.333. The molecule has 1 rings (SSSR count). The summed E-state index contributed by atoms with van der Waals surface area (Å²) in [5.41, 5.74) is 1.55. The predicted molar refractivity (Wildman–Crippen MR) is 61.0 cm³/mol. The van der Waals surface area contributed by atoms with Gasteiger partial charge in [0.25, 0.3) is 0 Å². The van der Waals surface area contributed by atoms with Gasteiger partial charge in [0, 0.05) is 11.3 Å². The summed E-state index contributed by atoms with van der Waals surface area (Å²) in [6.07, 6.45) is 0. The molecule has 0 N–H and O–H groups in total. The lowest BCUT2D eigenvalue weighted by Gasteiger charge is -2.10. The molecule has 0 bridgehead atoms. The number of carbonyl (C=O) groups is 1. The average molecular weight is 221 g/mol. The third-order valence-electron chi connectivity index (χ3n) is 2.03. The van der Waals surface area contributed by atoms with Gasteiger partial charge in [0.05, 0.1) is 13.7 Å². The number of hydrogen-bond acceptors (Lipinski definition) is 4. The Morgan fingerprint density at radius 1 is 1.50 bits per heavy atom. The van der Waals surface area contributed by atoms with Crippen LogP contribution in [0.2, 0.25) is 0 Å². The van der Waals surface area contributed by atoms with Gasteiger partial charge in [0.1, 0.15) is 5.76 Å². The highest BCUT2D eigenvalue weighted by Crippen LogP contribution is 2.18. The highest BCUT2D eigenvalue weighted by molar-refractivity contribution is 5.92. The van der Waals surface area contributed by atoms with Crippen molar-refractivity contribution in [3.8, 4) is 0 Å². The number of rotatable bonds is 4. The second-order valence-electron chi connectivity index (χ2n) is 3.20. The van der Waals surface area contributed by atoms with E-state index < -0.39 is 5.97 Å². The van der Waals surface area contributed by atoms with Crippen LogP contribution in [-0.4, -0.2) is 24.7 Å². The first-order valence-electron chi connectivity index (χ1n) is 4.98. The van der Waals surface area contributed by atoms with Gasteiger partial charge in [0.15, 0.2) is 5.69 Å². The van der Waals surface area contributed by atoms with Gasteiger partial charge in [-0.3, -0.25) is 0 Å². The number of hydrogen-bond donors (Lipinski definition) is 0. The molecule has 86 valence electrons. The van der Waals surface area contributed by atoms with E-state index in [-0.39, 0.29) is 5.69 Å². The fourth-order valence-corrected chi connectivity index (χ4v) is 1.29. The van der Waals surface area contributed by atoms with Crippen LogP contribution in [0.3, 0.4) is 0 Å². The summed E-state index contributed by atoms with van der Waals surface area (Å²) in [5, 5.41) is 0. The van der Waals surface area contributed by atoms with Crippen LogP contribution in [-0.2, 0) is 9.47 Å². The molecule has 1 aromatic rings. The van der Waals surface area contributed by atoms with E-state index in [0.29, 0.717) is 17.9 Å². The molecule has 16 heavy (non-hydrogen) atoms. The van der Waals surface area contributed by atoms with E-state index in [1.54, 1.807) is 19.1 Å². The SMILES string of the molecule is C=C(OCC)c1ccc(C)nc1C(=O)OC. The summed E-state index contributed by atoms with van der Waals surface area (Å²) in [6.45, 7) is 7.90. The zero-order valence-electron chi connectivity index (χ0n) is 9.74. The molecule has 0 aliphatic rings. The Labute approximate surface area is 94.9 Å². The Morgan fingerprint density at radius 3 is 2.75 bits per heavy atom. The van der Waals surface area contributed by atoms with E-state index in [2.05, 4.69) is 16.3 Å². The Morgan fingerprint density at radius 2 is 2.19 bits per heavy atom. The molecule has 0 spiro atoms. The highest BCUT2D eigenvalue weighted by atomic mass is 16.5. The summed E-state index contributed by atoms with van der Waals surface area (Å²) >= 11 is 0. The molecule has 0 saturated heterocycles. The minimum Gasteiger partial charge on any atom is -0.494 e. The predicted octanol–water partition coefficient (Wildman–Crippen LogP) is 2.18. The molecule has 0 unspecified atom stereocenters. The van der Waals surface area contributed by atoms with Crippen molar-refractivity contribution in [3.05, 3.63) is 35.7 Å². The van der Waals surface area contributed by atoms with Gasteiger partial charge in [0.2, 0.25) is 0 Å². The Bertz CT molecular complexity index is 413. The van der Waals surface area contributed by atoms with E-state index in [1.807, 2.05) is 6.92 Å². The molecule has 0 fully saturated rings. The van der Waals surface area contributed by atoms with Crippen LogP contribution in [0.4, 0.5) is 0 Å². The van der Waals surface area contributed by atoms with Crippen LogP contribution in [0, 0.1) is 6.92 Å². The highest BCUT2D eigenvalue weighted by Gasteiger charge is 2.16. The van der Waals surface area contributed by atoms with Crippen LogP contribution < -0.4 is 0 Å². The molecule has 4 heteroatoms. The molecule has 0 aliphatic carbocycles. The fourth-order valence-electron chi connectivity index (χ4n) is 1.29. The van der Waals surface area contributed by atoms with Crippen LogP contribution in [0.15, 0.2) is 18.7 Å². The molecule has 4 nitrogen and oxygen atoms in total. The lowest BCUT2D eigenvalue weighted by Crippen LogP contribution is -2.09. The zero-order chi connectivity index (χ0) is 12.1. The van der Waals surface area contributed by atoms with E-state index >= 15 is 0 Å². The molecule has 0 saturated carbocycles. The minimum absolute atomic E-state index is 0.237. The van der Waals surface area contributed by atoms with Crippen molar-refractivity contribution in [2.24, 2.45) is 0 Å². The van der Waals surface area contributed by atoms with E-state index in [0.717, 1.165) is 5.69 Å². The summed E-state index contributed by atoms with van der Waals surface area (Å²) < 4.78 is 9.92. The third kappa shape index (κ3) is 2.59. The number of methoxy groups -OCH3 is 1. The molecule has 1 heterocycles. The monoisotopic (exact) mass is 221 g/mol. The van der Waals surface area contributed by atoms with Gasteiger partial charge in [-0.2, -0.15) is 0 Å². The van der Waals surface area contributed by atoms with Crippen molar-refractivity contribution in [1.29, 1.82) is 0 Å². The summed E-state index contributed by atoms with van der Waals surface area (Å²) in [7, 11) is 1.32. The molecular formula is C12H15NO3. The van der Waals surface area contributed by atoms with Gasteiger partial charge in [-0.15, -0.1) is 0 Å². The van der Waals surface area contributed by atoms with Gasteiger partial charge in [-0.1, -0.05) is 6.58 Å². The maximum Gasteiger partial charge on any atom is 0.357 e. The number of nitrogens with zero attached hydrogens (tertiary/aromatic N) is 1. The van der Waals surface area contributed by atoms with E-state index in [9.17, 15) is 4.79 Å². The molecule has 0 radical (unpaired) electrons. The van der Waals surface area contributed by atoms with Gasteiger partial charge in [-0.05, 0) is 26.0 Å². The number of aromatic nitrogens is 1. The third-order valence-corrected chi connectivity index (χ3v) is 2.03. The van der Waals surface area contributed by atoms with Gasteiger partial charge < -0.3 is 9.47 Å². The largest absolute Gasteiger partial charge is 0.494 e. The smallest absolute Gasteiger partial charge is 0.357 e. The van der Waals surface area contributed by atoms with Crippen LogP contribution in [0.1, 0.15) is 28.7 Å². The first-order valence-corrected chi connectivity index (χ1v) is 4.98. The number of carbonyl (C=O) groups excluding carboxylic acids is 1. The summed E-state index contributed by atoms with van der Waals surface area (Å²) in [5.74, 6) is -0.0602. The zero-order valence-corrected chi connectivity index (χ0v) is 9.74. The molecule has 1 aromatic heterocycles. The topological polar surface area (TPSA) is 48.4 Å². The maximum atomic E-state index is 11.5. The number of ether oxygens (including phenoxy) is 2. The number of aryl methyl sites for hydroxylation is 1. The lowest BCUT2D eigenvalue weighted by atomic mass is 10.1. The molecule has 0 aromatic carbocycles. The van der Waals surface area contributed by atoms with E-state index in [4.69, 9.17) is 4.74 Å². The Kier molecular flexibility index (Phi) is 4.05. The molecular weight excluding hydrogens is 206 g/mol. The summed E-state index contributed by atoms with van der Waals surface area (Å²) in [4.78, 5) is 15.6. The average Bonchev–Trinajstić information content (AvgIpc) is 2.28. The normalized spacial score (nSPS) is 9.69. The minimum atomic E-state index is -0.487. The standard InChI is InChI=1S/C12H15NO3/c1-5-16-9(3)10-7-6-8(2)13-11(10)12(14)15-4/h6-7H,3,5H2,1-2,4H3. The van der Waals surface area contributed by atoms with Crippen LogP contribution in [0.25, 0.3) is 5.76 Å². The van der Waals surface area contributed by atoms with Crippen LogP contribution in [0.5, 0.6) is 0 Å². The molecule has 0 aliphatic heterocycles. The van der Waals surface area contributed by atoms with Crippen molar-refractivity contribution < 1.29 is 14.3 Å². The number of esters is 1. The maximum absolute atomic E-state index is 11.5. The Balaban J connectivity index is 3.17.